The first-order valence-electron chi connectivity index (χ1n) is 6.26. The third-order valence-corrected chi connectivity index (χ3v) is 2.97. The lowest BCUT2D eigenvalue weighted by molar-refractivity contribution is 0.341. The van der Waals surface area contributed by atoms with Crippen LogP contribution in [0, 0.1) is 11.6 Å². The minimum Gasteiger partial charge on any atom is -0.493 e. The molecule has 0 unspecified atom stereocenters. The maximum absolute atomic E-state index is 13.2. The summed E-state index contributed by atoms with van der Waals surface area (Å²) in [5.41, 5.74) is 1.58. The number of aromatic amines is 1. The second kappa shape index (κ2) is 4.92. The van der Waals surface area contributed by atoms with E-state index in [-0.39, 0.29) is 0 Å². The van der Waals surface area contributed by atoms with Gasteiger partial charge in [-0.05, 0) is 19.1 Å². The van der Waals surface area contributed by atoms with Gasteiger partial charge in [0.2, 0.25) is 0 Å². The van der Waals surface area contributed by atoms with Gasteiger partial charge in [0.1, 0.15) is 11.6 Å². The number of nitrogens with zero attached hydrogens (tertiary/aromatic N) is 1. The fourth-order valence-electron chi connectivity index (χ4n) is 2.08. The third kappa shape index (κ3) is 2.11. The van der Waals surface area contributed by atoms with E-state index < -0.39 is 11.6 Å². The number of benzene rings is 2. The molecule has 0 aliphatic carbocycles. The van der Waals surface area contributed by atoms with Crippen LogP contribution in [0.5, 0.6) is 5.75 Å². The number of para-hydroxylation sites is 1. The first-order valence-corrected chi connectivity index (χ1v) is 6.26. The van der Waals surface area contributed by atoms with E-state index in [9.17, 15) is 8.78 Å². The average molecular weight is 274 g/mol. The third-order valence-electron chi connectivity index (χ3n) is 2.97. The molecule has 0 amide bonds. The highest BCUT2D eigenvalue weighted by molar-refractivity contribution is 5.80. The van der Waals surface area contributed by atoms with E-state index in [1.165, 1.54) is 0 Å². The Kier molecular flexibility index (Phi) is 3.10. The van der Waals surface area contributed by atoms with Crippen LogP contribution in [0.3, 0.4) is 0 Å². The molecule has 20 heavy (non-hydrogen) atoms. The predicted molar refractivity (Wildman–Crippen MR) is 72.6 cm³/mol. The summed E-state index contributed by atoms with van der Waals surface area (Å²) in [7, 11) is 0. The highest BCUT2D eigenvalue weighted by atomic mass is 19.2. The first kappa shape index (κ1) is 12.6. The van der Waals surface area contributed by atoms with E-state index in [1.807, 2.05) is 31.2 Å². The Morgan fingerprint density at radius 3 is 2.70 bits per heavy atom. The zero-order valence-electron chi connectivity index (χ0n) is 10.8. The molecule has 1 N–H and O–H groups in total. The number of aromatic nitrogens is 2. The van der Waals surface area contributed by atoms with Gasteiger partial charge in [0.15, 0.2) is 11.6 Å². The Morgan fingerprint density at radius 2 is 1.90 bits per heavy atom. The largest absolute Gasteiger partial charge is 0.493 e. The Bertz CT molecular complexity index is 729. The number of nitrogens with one attached hydrogen (secondary N) is 1. The lowest BCUT2D eigenvalue weighted by Gasteiger charge is -2.07. The topological polar surface area (TPSA) is 37.9 Å². The monoisotopic (exact) mass is 274 g/mol. The molecule has 1 heterocycles. The molecular formula is C15H12F2N2O. The van der Waals surface area contributed by atoms with Gasteiger partial charge in [0, 0.05) is 12.1 Å². The maximum Gasteiger partial charge on any atom is 0.161 e. The quantitative estimate of drug-likeness (QED) is 0.786. The number of hydrogen-bond acceptors (Lipinski definition) is 2. The van der Waals surface area contributed by atoms with Crippen LogP contribution < -0.4 is 4.74 Å². The summed E-state index contributed by atoms with van der Waals surface area (Å²) in [6.45, 7) is 2.42. The predicted octanol–water partition coefficient (Wildman–Crippen LogP) is 3.91. The van der Waals surface area contributed by atoms with Gasteiger partial charge >= 0.3 is 0 Å². The normalized spacial score (nSPS) is 10.9. The van der Waals surface area contributed by atoms with Crippen LogP contribution in [-0.2, 0) is 0 Å². The average Bonchev–Trinajstić information content (AvgIpc) is 2.83. The Labute approximate surface area is 114 Å². The molecule has 0 spiro atoms. The van der Waals surface area contributed by atoms with E-state index in [0.29, 0.717) is 29.2 Å². The van der Waals surface area contributed by atoms with Crippen molar-refractivity contribution in [1.82, 2.24) is 9.97 Å². The summed E-state index contributed by atoms with van der Waals surface area (Å²) in [6, 6.07) is 9.56. The van der Waals surface area contributed by atoms with Gasteiger partial charge in [-0.1, -0.05) is 12.1 Å². The van der Waals surface area contributed by atoms with Gasteiger partial charge in [-0.15, -0.1) is 0 Å². The van der Waals surface area contributed by atoms with E-state index in [4.69, 9.17) is 4.74 Å². The summed E-state index contributed by atoms with van der Waals surface area (Å²) in [5, 5.41) is 0. The van der Waals surface area contributed by atoms with Crippen molar-refractivity contribution in [3.63, 3.8) is 0 Å². The summed E-state index contributed by atoms with van der Waals surface area (Å²) in [6.07, 6.45) is 0. The number of H-pyrrole nitrogens is 1. The van der Waals surface area contributed by atoms with Crippen LogP contribution in [0.15, 0.2) is 36.4 Å². The molecule has 0 saturated heterocycles. The van der Waals surface area contributed by atoms with Crippen molar-refractivity contribution in [3.05, 3.63) is 48.0 Å². The molecular weight excluding hydrogens is 262 g/mol. The van der Waals surface area contributed by atoms with Crippen molar-refractivity contribution in [1.29, 1.82) is 0 Å². The summed E-state index contributed by atoms with van der Waals surface area (Å²) in [4.78, 5) is 7.27. The molecule has 2 aromatic carbocycles. The van der Waals surface area contributed by atoms with E-state index in [2.05, 4.69) is 9.97 Å². The molecule has 102 valence electrons. The van der Waals surface area contributed by atoms with Crippen molar-refractivity contribution < 1.29 is 13.5 Å². The van der Waals surface area contributed by atoms with Crippen LogP contribution >= 0.6 is 0 Å². The van der Waals surface area contributed by atoms with Gasteiger partial charge in [-0.25, -0.2) is 13.8 Å². The molecule has 5 heteroatoms. The molecule has 0 saturated carbocycles. The minimum absolute atomic E-state index is 0.380. The Balaban J connectivity index is 2.15. The second-order valence-corrected chi connectivity index (χ2v) is 4.30. The van der Waals surface area contributed by atoms with Crippen molar-refractivity contribution in [3.8, 4) is 17.1 Å². The molecule has 0 aliphatic heterocycles. The van der Waals surface area contributed by atoms with E-state index in [1.54, 1.807) is 0 Å². The SMILES string of the molecule is CCOc1ccccc1-c1nc2cc(F)c(F)cc2[nH]1. The Morgan fingerprint density at radius 1 is 1.15 bits per heavy atom. The highest BCUT2D eigenvalue weighted by Crippen LogP contribution is 2.29. The fraction of sp³-hybridized carbons (Fsp3) is 0.133. The van der Waals surface area contributed by atoms with Crippen molar-refractivity contribution in [2.75, 3.05) is 6.61 Å². The van der Waals surface area contributed by atoms with Crippen molar-refractivity contribution >= 4 is 11.0 Å². The van der Waals surface area contributed by atoms with Gasteiger partial charge in [0.05, 0.1) is 23.2 Å². The molecule has 0 atom stereocenters. The molecule has 0 aliphatic rings. The van der Waals surface area contributed by atoms with Crippen molar-refractivity contribution in [2.24, 2.45) is 0 Å². The molecule has 0 radical (unpaired) electrons. The number of halogens is 2. The molecule has 3 rings (SSSR count). The standard InChI is InChI=1S/C15H12F2N2O/c1-2-20-14-6-4-3-5-9(14)15-18-12-7-10(16)11(17)8-13(12)19-15/h3-8H,2H2,1H3,(H,18,19). The van der Waals surface area contributed by atoms with Gasteiger partial charge < -0.3 is 9.72 Å². The van der Waals surface area contributed by atoms with Crippen LogP contribution in [0.25, 0.3) is 22.4 Å². The second-order valence-electron chi connectivity index (χ2n) is 4.30. The van der Waals surface area contributed by atoms with Gasteiger partial charge in [0.25, 0.3) is 0 Å². The molecule has 0 bridgehead atoms. The number of ether oxygens (including phenoxy) is 1. The first-order chi connectivity index (χ1) is 9.69. The number of rotatable bonds is 3. The van der Waals surface area contributed by atoms with Crippen LogP contribution in [0.4, 0.5) is 8.78 Å². The lowest BCUT2D eigenvalue weighted by Crippen LogP contribution is -1.94. The molecule has 0 fully saturated rings. The van der Waals surface area contributed by atoms with Crippen LogP contribution in [-0.4, -0.2) is 16.6 Å². The van der Waals surface area contributed by atoms with Gasteiger partial charge in [-0.2, -0.15) is 0 Å². The Hall–Kier alpha value is -2.43. The lowest BCUT2D eigenvalue weighted by atomic mass is 10.2. The molecule has 3 nitrogen and oxygen atoms in total. The van der Waals surface area contributed by atoms with Crippen molar-refractivity contribution in [2.45, 2.75) is 6.92 Å². The van der Waals surface area contributed by atoms with Gasteiger partial charge in [-0.3, -0.25) is 0 Å². The smallest absolute Gasteiger partial charge is 0.161 e. The summed E-state index contributed by atoms with van der Waals surface area (Å²) < 4.78 is 31.9. The maximum atomic E-state index is 13.2. The highest BCUT2D eigenvalue weighted by Gasteiger charge is 2.12. The van der Waals surface area contributed by atoms with E-state index >= 15 is 0 Å². The summed E-state index contributed by atoms with van der Waals surface area (Å²) in [5.74, 6) is -0.608. The number of fused-ring (bicyclic) bond motifs is 1. The van der Waals surface area contributed by atoms with E-state index in [0.717, 1.165) is 17.7 Å². The number of imidazole rings is 1. The zero-order valence-corrected chi connectivity index (χ0v) is 10.8. The molecule has 1 aromatic heterocycles. The minimum atomic E-state index is -0.909. The number of hydrogen-bond donors (Lipinski definition) is 1. The van der Waals surface area contributed by atoms with Crippen LogP contribution in [0.1, 0.15) is 6.92 Å². The molecule has 3 aromatic rings. The summed E-state index contributed by atoms with van der Waals surface area (Å²) >= 11 is 0. The fourth-order valence-corrected chi connectivity index (χ4v) is 2.08. The zero-order chi connectivity index (χ0) is 14.1. The van der Waals surface area contributed by atoms with Crippen LogP contribution in [0.2, 0.25) is 0 Å².